The Morgan fingerprint density at radius 2 is 1.94 bits per heavy atom. The van der Waals surface area contributed by atoms with Crippen LogP contribution in [-0.2, 0) is 6.42 Å². The number of ether oxygens (including phenoxy) is 2. The lowest BCUT2D eigenvalue weighted by atomic mass is 10.1. The van der Waals surface area contributed by atoms with E-state index in [9.17, 15) is 0 Å². The molecule has 100 valence electrons. The Morgan fingerprint density at radius 1 is 1.28 bits per heavy atom. The molecule has 3 heteroatoms. The standard InChI is InChI=1S/C15H23NO2/c1-10-7-13(10)16-11(2)8-12-5-6-14(17-3)15(9-12)18-4/h5-6,9-11,13,16H,7-8H2,1-4H3. The van der Waals surface area contributed by atoms with E-state index in [1.807, 2.05) is 6.07 Å². The van der Waals surface area contributed by atoms with Gasteiger partial charge in [-0.25, -0.2) is 0 Å². The van der Waals surface area contributed by atoms with Crippen LogP contribution < -0.4 is 14.8 Å². The van der Waals surface area contributed by atoms with E-state index in [-0.39, 0.29) is 0 Å². The van der Waals surface area contributed by atoms with Crippen molar-refractivity contribution in [2.75, 3.05) is 14.2 Å². The van der Waals surface area contributed by atoms with Crippen LogP contribution in [0.25, 0.3) is 0 Å². The van der Waals surface area contributed by atoms with Crippen molar-refractivity contribution in [3.63, 3.8) is 0 Å². The zero-order chi connectivity index (χ0) is 13.1. The number of hydrogen-bond donors (Lipinski definition) is 1. The largest absolute Gasteiger partial charge is 0.493 e. The average Bonchev–Trinajstić information content (AvgIpc) is 3.04. The van der Waals surface area contributed by atoms with Crippen molar-refractivity contribution in [2.24, 2.45) is 5.92 Å². The van der Waals surface area contributed by atoms with Gasteiger partial charge in [-0.2, -0.15) is 0 Å². The van der Waals surface area contributed by atoms with E-state index in [2.05, 4.69) is 31.3 Å². The molecular formula is C15H23NO2. The molecule has 1 aromatic rings. The Hall–Kier alpha value is -1.22. The van der Waals surface area contributed by atoms with Crippen LogP contribution in [-0.4, -0.2) is 26.3 Å². The van der Waals surface area contributed by atoms with Crippen molar-refractivity contribution in [3.8, 4) is 11.5 Å². The summed E-state index contributed by atoms with van der Waals surface area (Å²) in [6.07, 6.45) is 2.33. The summed E-state index contributed by atoms with van der Waals surface area (Å²) in [4.78, 5) is 0. The van der Waals surface area contributed by atoms with Crippen LogP contribution in [0.4, 0.5) is 0 Å². The van der Waals surface area contributed by atoms with Crippen LogP contribution in [0.3, 0.4) is 0 Å². The van der Waals surface area contributed by atoms with Gasteiger partial charge < -0.3 is 14.8 Å². The second-order valence-corrected chi connectivity index (χ2v) is 5.28. The van der Waals surface area contributed by atoms with Crippen molar-refractivity contribution in [1.82, 2.24) is 5.32 Å². The van der Waals surface area contributed by atoms with Gasteiger partial charge in [-0.05, 0) is 43.4 Å². The van der Waals surface area contributed by atoms with Crippen LogP contribution in [0.5, 0.6) is 11.5 Å². The molecule has 0 saturated heterocycles. The van der Waals surface area contributed by atoms with Gasteiger partial charge in [0.05, 0.1) is 14.2 Å². The molecule has 0 spiro atoms. The van der Waals surface area contributed by atoms with Gasteiger partial charge in [0.25, 0.3) is 0 Å². The van der Waals surface area contributed by atoms with Gasteiger partial charge >= 0.3 is 0 Å². The van der Waals surface area contributed by atoms with E-state index in [4.69, 9.17) is 9.47 Å². The molecule has 0 bridgehead atoms. The zero-order valence-corrected chi connectivity index (χ0v) is 11.7. The maximum Gasteiger partial charge on any atom is 0.160 e. The molecule has 3 unspecified atom stereocenters. The fourth-order valence-corrected chi connectivity index (χ4v) is 2.34. The number of benzene rings is 1. The van der Waals surface area contributed by atoms with E-state index in [1.165, 1.54) is 12.0 Å². The lowest BCUT2D eigenvalue weighted by molar-refractivity contribution is 0.354. The summed E-state index contributed by atoms with van der Waals surface area (Å²) in [5.74, 6) is 2.44. The molecule has 0 aliphatic heterocycles. The Balaban J connectivity index is 1.95. The Morgan fingerprint density at radius 3 is 2.50 bits per heavy atom. The molecule has 0 amide bonds. The van der Waals surface area contributed by atoms with Gasteiger partial charge in [-0.15, -0.1) is 0 Å². The van der Waals surface area contributed by atoms with Gasteiger partial charge in [0.15, 0.2) is 11.5 Å². The quantitative estimate of drug-likeness (QED) is 0.840. The molecule has 3 atom stereocenters. The summed E-state index contributed by atoms with van der Waals surface area (Å²) in [5.41, 5.74) is 1.28. The van der Waals surface area contributed by atoms with Crippen molar-refractivity contribution < 1.29 is 9.47 Å². The maximum absolute atomic E-state index is 5.32. The van der Waals surface area contributed by atoms with Gasteiger partial charge in [0.1, 0.15) is 0 Å². The first-order valence-electron chi connectivity index (χ1n) is 6.61. The summed E-state index contributed by atoms with van der Waals surface area (Å²) in [6.45, 7) is 4.53. The molecule has 0 aromatic heterocycles. The zero-order valence-electron chi connectivity index (χ0n) is 11.7. The second kappa shape index (κ2) is 5.61. The van der Waals surface area contributed by atoms with Gasteiger partial charge in [-0.1, -0.05) is 13.0 Å². The Labute approximate surface area is 109 Å². The molecule has 0 radical (unpaired) electrons. The highest BCUT2D eigenvalue weighted by atomic mass is 16.5. The third-order valence-electron chi connectivity index (χ3n) is 3.60. The predicted octanol–water partition coefficient (Wildman–Crippen LogP) is 2.63. The summed E-state index contributed by atoms with van der Waals surface area (Å²) in [5, 5.41) is 3.65. The van der Waals surface area contributed by atoms with Crippen LogP contribution in [0.1, 0.15) is 25.8 Å². The van der Waals surface area contributed by atoms with E-state index in [1.54, 1.807) is 14.2 Å². The van der Waals surface area contributed by atoms with Crippen molar-refractivity contribution in [2.45, 2.75) is 38.8 Å². The number of nitrogens with one attached hydrogen (secondary N) is 1. The van der Waals surface area contributed by atoms with Gasteiger partial charge in [0.2, 0.25) is 0 Å². The molecule has 1 aliphatic rings. The third-order valence-corrected chi connectivity index (χ3v) is 3.60. The Kier molecular flexibility index (Phi) is 4.12. The molecule has 1 aliphatic carbocycles. The normalized spacial score (nSPS) is 23.6. The second-order valence-electron chi connectivity index (χ2n) is 5.28. The summed E-state index contributed by atoms with van der Waals surface area (Å²) in [7, 11) is 3.34. The minimum Gasteiger partial charge on any atom is -0.493 e. The van der Waals surface area contributed by atoms with Crippen molar-refractivity contribution >= 4 is 0 Å². The maximum atomic E-state index is 5.32. The molecule has 1 aromatic carbocycles. The lowest BCUT2D eigenvalue weighted by Gasteiger charge is -2.15. The SMILES string of the molecule is COc1ccc(CC(C)NC2CC2C)cc1OC. The smallest absolute Gasteiger partial charge is 0.160 e. The van der Waals surface area contributed by atoms with E-state index in [0.29, 0.717) is 6.04 Å². The summed E-state index contributed by atoms with van der Waals surface area (Å²) in [6, 6.07) is 7.36. The molecule has 1 saturated carbocycles. The first kappa shape index (κ1) is 13.2. The number of hydrogen-bond acceptors (Lipinski definition) is 3. The number of rotatable bonds is 6. The van der Waals surface area contributed by atoms with Crippen molar-refractivity contribution in [1.29, 1.82) is 0 Å². The first-order chi connectivity index (χ1) is 8.63. The third kappa shape index (κ3) is 3.16. The minimum atomic E-state index is 0.498. The minimum absolute atomic E-state index is 0.498. The predicted molar refractivity (Wildman–Crippen MR) is 73.4 cm³/mol. The highest BCUT2D eigenvalue weighted by Crippen LogP contribution is 2.30. The lowest BCUT2D eigenvalue weighted by Crippen LogP contribution is -2.30. The molecule has 1 fully saturated rings. The molecule has 2 rings (SSSR count). The van der Waals surface area contributed by atoms with Gasteiger partial charge in [0, 0.05) is 12.1 Å². The fourth-order valence-electron chi connectivity index (χ4n) is 2.34. The molecule has 18 heavy (non-hydrogen) atoms. The molecule has 1 N–H and O–H groups in total. The van der Waals surface area contributed by atoms with E-state index >= 15 is 0 Å². The van der Waals surface area contributed by atoms with E-state index < -0.39 is 0 Å². The Bertz CT molecular complexity index is 405. The monoisotopic (exact) mass is 249 g/mol. The molecular weight excluding hydrogens is 226 g/mol. The highest BCUT2D eigenvalue weighted by molar-refractivity contribution is 5.43. The number of methoxy groups -OCH3 is 2. The van der Waals surface area contributed by atoms with Gasteiger partial charge in [-0.3, -0.25) is 0 Å². The molecule has 0 heterocycles. The van der Waals surface area contributed by atoms with Crippen LogP contribution >= 0.6 is 0 Å². The van der Waals surface area contributed by atoms with E-state index in [0.717, 1.165) is 29.9 Å². The average molecular weight is 249 g/mol. The fraction of sp³-hybridized carbons (Fsp3) is 0.600. The highest BCUT2D eigenvalue weighted by Gasteiger charge is 2.33. The molecule has 3 nitrogen and oxygen atoms in total. The topological polar surface area (TPSA) is 30.5 Å². The first-order valence-corrected chi connectivity index (χ1v) is 6.61. The van der Waals surface area contributed by atoms with Crippen LogP contribution in [0, 0.1) is 5.92 Å². The van der Waals surface area contributed by atoms with Crippen LogP contribution in [0.2, 0.25) is 0 Å². The van der Waals surface area contributed by atoms with Crippen LogP contribution in [0.15, 0.2) is 18.2 Å². The summed E-state index contributed by atoms with van der Waals surface area (Å²) >= 11 is 0. The summed E-state index contributed by atoms with van der Waals surface area (Å²) < 4.78 is 10.6. The van der Waals surface area contributed by atoms with Crippen molar-refractivity contribution in [3.05, 3.63) is 23.8 Å².